The van der Waals surface area contributed by atoms with E-state index in [4.69, 9.17) is 0 Å². The molecule has 0 saturated carbocycles. The van der Waals surface area contributed by atoms with E-state index in [-0.39, 0.29) is 5.69 Å². The average molecular weight is 214 g/mol. The van der Waals surface area contributed by atoms with E-state index >= 15 is 0 Å². The van der Waals surface area contributed by atoms with E-state index in [9.17, 15) is 9.59 Å². The highest BCUT2D eigenvalue weighted by Crippen LogP contribution is 2.05. The lowest BCUT2D eigenvalue weighted by Gasteiger charge is -2.02. The first-order valence-electron chi connectivity index (χ1n) is 4.85. The van der Waals surface area contributed by atoms with Crippen molar-refractivity contribution < 1.29 is 9.59 Å². The molecule has 2 aromatic rings. The lowest BCUT2D eigenvalue weighted by Crippen LogP contribution is -2.05. The molecule has 0 saturated heterocycles. The molecule has 1 heterocycles. The number of carbonyl (C=O) groups is 2. The van der Waals surface area contributed by atoms with Crippen LogP contribution >= 0.6 is 0 Å². The minimum absolute atomic E-state index is 0.276. The van der Waals surface area contributed by atoms with Crippen molar-refractivity contribution in [2.75, 3.05) is 0 Å². The van der Waals surface area contributed by atoms with Gasteiger partial charge in [-0.05, 0) is 11.6 Å². The molecule has 0 bridgehead atoms. The minimum atomic E-state index is 0.276. The average Bonchev–Trinajstić information content (AvgIpc) is 2.73. The zero-order valence-corrected chi connectivity index (χ0v) is 8.54. The molecular weight excluding hydrogens is 204 g/mol. The fraction of sp³-hybridized carbons (Fsp3) is 0.0833. The number of aromatic nitrogens is 2. The highest BCUT2D eigenvalue weighted by molar-refractivity contribution is 5.78. The Morgan fingerprint density at radius 1 is 1.12 bits per heavy atom. The van der Waals surface area contributed by atoms with Gasteiger partial charge in [-0.1, -0.05) is 30.3 Å². The fourth-order valence-electron chi connectivity index (χ4n) is 1.49. The Morgan fingerprint density at radius 2 is 1.88 bits per heavy atom. The molecular formula is C12H10N2O2. The first-order valence-corrected chi connectivity index (χ1v) is 4.85. The van der Waals surface area contributed by atoms with Gasteiger partial charge in [-0.15, -0.1) is 0 Å². The van der Waals surface area contributed by atoms with Crippen LogP contribution in [0.2, 0.25) is 0 Å². The molecule has 4 heteroatoms. The third-order valence-electron chi connectivity index (χ3n) is 2.25. The molecule has 0 aliphatic carbocycles. The predicted molar refractivity (Wildman–Crippen MR) is 58.5 cm³/mol. The number of benzene rings is 1. The summed E-state index contributed by atoms with van der Waals surface area (Å²) < 4.78 is 1.52. The van der Waals surface area contributed by atoms with Crippen LogP contribution in [0.15, 0.2) is 36.4 Å². The van der Waals surface area contributed by atoms with Gasteiger partial charge in [0.25, 0.3) is 0 Å². The summed E-state index contributed by atoms with van der Waals surface area (Å²) in [5.74, 6) is 0. The second-order valence-corrected chi connectivity index (χ2v) is 3.37. The van der Waals surface area contributed by atoms with E-state index in [1.807, 2.05) is 30.3 Å². The summed E-state index contributed by atoms with van der Waals surface area (Å²) in [5, 5.41) is 4.01. The van der Waals surface area contributed by atoms with Crippen molar-refractivity contribution in [1.29, 1.82) is 0 Å². The van der Waals surface area contributed by atoms with Crippen molar-refractivity contribution in [2.45, 2.75) is 6.54 Å². The normalized spacial score (nSPS) is 10.0. The molecule has 0 amide bonds. The maximum Gasteiger partial charge on any atom is 0.170 e. The van der Waals surface area contributed by atoms with Gasteiger partial charge in [-0.2, -0.15) is 5.10 Å². The van der Waals surface area contributed by atoms with Crippen molar-refractivity contribution in [3.8, 4) is 0 Å². The first kappa shape index (κ1) is 10.3. The van der Waals surface area contributed by atoms with Gasteiger partial charge in [0, 0.05) is 0 Å². The molecule has 16 heavy (non-hydrogen) atoms. The molecule has 0 atom stereocenters. The van der Waals surface area contributed by atoms with E-state index in [1.54, 1.807) is 0 Å². The first-order chi connectivity index (χ1) is 7.83. The maximum absolute atomic E-state index is 10.8. The molecule has 0 aliphatic heterocycles. The van der Waals surface area contributed by atoms with Gasteiger partial charge in [0.05, 0.1) is 6.54 Å². The van der Waals surface area contributed by atoms with Crippen LogP contribution in [-0.2, 0) is 6.54 Å². The van der Waals surface area contributed by atoms with Crippen LogP contribution < -0.4 is 0 Å². The Labute approximate surface area is 92.5 Å². The molecule has 0 spiro atoms. The van der Waals surface area contributed by atoms with Crippen LogP contribution in [-0.4, -0.2) is 22.4 Å². The topological polar surface area (TPSA) is 52.0 Å². The van der Waals surface area contributed by atoms with Crippen LogP contribution in [0.4, 0.5) is 0 Å². The monoisotopic (exact) mass is 214 g/mol. The summed E-state index contributed by atoms with van der Waals surface area (Å²) in [6.45, 7) is 0.489. The summed E-state index contributed by atoms with van der Waals surface area (Å²) in [6, 6.07) is 11.1. The van der Waals surface area contributed by atoms with Gasteiger partial charge >= 0.3 is 0 Å². The summed E-state index contributed by atoms with van der Waals surface area (Å²) >= 11 is 0. The molecule has 0 N–H and O–H groups in total. The maximum atomic E-state index is 10.8. The lowest BCUT2D eigenvalue weighted by atomic mass is 10.2. The Balaban J connectivity index is 2.30. The van der Waals surface area contributed by atoms with E-state index in [2.05, 4.69) is 5.10 Å². The fourth-order valence-corrected chi connectivity index (χ4v) is 1.49. The molecule has 0 radical (unpaired) electrons. The standard InChI is InChI=1S/C12H10N2O2/c15-8-11-6-12(9-16)14(13-11)7-10-4-2-1-3-5-10/h1-6,8-9H,7H2. The molecule has 80 valence electrons. The summed E-state index contributed by atoms with van der Waals surface area (Å²) in [6.07, 6.45) is 1.33. The Bertz CT molecular complexity index is 503. The lowest BCUT2D eigenvalue weighted by molar-refractivity contribution is 0.110. The van der Waals surface area contributed by atoms with Gasteiger partial charge in [-0.25, -0.2) is 0 Å². The summed E-state index contributed by atoms with van der Waals surface area (Å²) in [5.41, 5.74) is 1.72. The van der Waals surface area contributed by atoms with Crippen molar-refractivity contribution in [2.24, 2.45) is 0 Å². The highest BCUT2D eigenvalue weighted by Gasteiger charge is 2.06. The van der Waals surface area contributed by atoms with Crippen molar-refractivity contribution >= 4 is 12.6 Å². The highest BCUT2D eigenvalue weighted by atomic mass is 16.1. The van der Waals surface area contributed by atoms with Crippen LogP contribution in [0.25, 0.3) is 0 Å². The van der Waals surface area contributed by atoms with E-state index in [0.717, 1.165) is 5.56 Å². The van der Waals surface area contributed by atoms with Crippen molar-refractivity contribution in [3.05, 3.63) is 53.3 Å². The number of hydrogen-bond donors (Lipinski definition) is 0. The number of aldehydes is 2. The third-order valence-corrected chi connectivity index (χ3v) is 2.25. The van der Waals surface area contributed by atoms with Gasteiger partial charge in [0.15, 0.2) is 12.6 Å². The summed E-state index contributed by atoms with van der Waals surface area (Å²) in [7, 11) is 0. The quantitative estimate of drug-likeness (QED) is 0.725. The SMILES string of the molecule is O=Cc1cc(C=O)n(Cc2ccccc2)n1. The predicted octanol–water partition coefficient (Wildman–Crippen LogP) is 1.56. The van der Waals surface area contributed by atoms with Gasteiger partial charge in [-0.3, -0.25) is 14.3 Å². The Kier molecular flexibility index (Phi) is 2.91. The van der Waals surface area contributed by atoms with Crippen molar-refractivity contribution in [1.82, 2.24) is 9.78 Å². The molecule has 0 fully saturated rings. The molecule has 0 aliphatic rings. The largest absolute Gasteiger partial charge is 0.296 e. The summed E-state index contributed by atoms with van der Waals surface area (Å²) in [4.78, 5) is 21.3. The van der Waals surface area contributed by atoms with E-state index in [1.165, 1.54) is 10.7 Å². The second kappa shape index (κ2) is 4.53. The van der Waals surface area contributed by atoms with E-state index < -0.39 is 0 Å². The van der Waals surface area contributed by atoms with Crippen LogP contribution in [0, 0.1) is 0 Å². The third kappa shape index (κ3) is 2.06. The van der Waals surface area contributed by atoms with Gasteiger partial charge in [0.2, 0.25) is 0 Å². The molecule has 0 unspecified atom stereocenters. The van der Waals surface area contributed by atoms with Crippen molar-refractivity contribution in [3.63, 3.8) is 0 Å². The Hall–Kier alpha value is -2.23. The molecule has 2 rings (SSSR count). The molecule has 4 nitrogen and oxygen atoms in total. The number of rotatable bonds is 4. The molecule has 1 aromatic heterocycles. The number of hydrogen-bond acceptors (Lipinski definition) is 3. The molecule has 1 aromatic carbocycles. The smallest absolute Gasteiger partial charge is 0.170 e. The van der Waals surface area contributed by atoms with Crippen LogP contribution in [0.3, 0.4) is 0 Å². The second-order valence-electron chi connectivity index (χ2n) is 3.37. The van der Waals surface area contributed by atoms with Crippen LogP contribution in [0.5, 0.6) is 0 Å². The van der Waals surface area contributed by atoms with E-state index in [0.29, 0.717) is 24.8 Å². The van der Waals surface area contributed by atoms with Crippen LogP contribution in [0.1, 0.15) is 26.5 Å². The zero-order valence-electron chi connectivity index (χ0n) is 8.54. The zero-order chi connectivity index (χ0) is 11.4. The van der Waals surface area contributed by atoms with Gasteiger partial charge < -0.3 is 0 Å². The minimum Gasteiger partial charge on any atom is -0.296 e. The number of carbonyl (C=O) groups excluding carboxylic acids is 2. The Morgan fingerprint density at radius 3 is 2.50 bits per heavy atom. The number of nitrogens with zero attached hydrogens (tertiary/aromatic N) is 2. The van der Waals surface area contributed by atoms with Gasteiger partial charge in [0.1, 0.15) is 11.4 Å².